The summed E-state index contributed by atoms with van der Waals surface area (Å²) in [4.78, 5) is 40.4. The Labute approximate surface area is 157 Å². The van der Waals surface area contributed by atoms with Crippen LogP contribution in [0.4, 0.5) is 5.69 Å². The van der Waals surface area contributed by atoms with Crippen molar-refractivity contribution in [3.05, 3.63) is 29.8 Å². The highest BCUT2D eigenvalue weighted by Crippen LogP contribution is 2.42. The highest BCUT2D eigenvalue weighted by Gasteiger charge is 2.49. The molecule has 2 atom stereocenters. The van der Waals surface area contributed by atoms with E-state index in [1.807, 2.05) is 31.2 Å². The lowest BCUT2D eigenvalue weighted by atomic mass is 9.95. The fraction of sp³-hybridized carbons (Fsp3) is 0.474. The molecular weight excluding hydrogens is 346 g/mol. The maximum absolute atomic E-state index is 12.4. The van der Waals surface area contributed by atoms with Crippen LogP contribution in [0.25, 0.3) is 0 Å². The summed E-state index contributed by atoms with van der Waals surface area (Å²) in [5, 5.41) is 7.26. The lowest BCUT2D eigenvalue weighted by Gasteiger charge is -2.29. The molecule has 142 valence electrons. The Morgan fingerprint density at radius 2 is 2.11 bits per heavy atom. The average molecular weight is 369 g/mol. The monoisotopic (exact) mass is 369 g/mol. The number of nitrogens with zero attached hydrogens (tertiary/aromatic N) is 2. The SMILES string of the molecule is Cc1ccc(N2NC(C(=O)NCCC34CCC(C3)C(=O)N4)=NCC2=O)cc1. The molecule has 1 saturated carbocycles. The average Bonchev–Trinajstić information content (AvgIpc) is 3.20. The molecule has 0 spiro atoms. The van der Waals surface area contributed by atoms with Gasteiger partial charge in [0.1, 0.15) is 6.54 Å². The van der Waals surface area contributed by atoms with Crippen LogP contribution in [0, 0.1) is 12.8 Å². The van der Waals surface area contributed by atoms with Crippen molar-refractivity contribution in [1.82, 2.24) is 16.1 Å². The van der Waals surface area contributed by atoms with Crippen LogP contribution < -0.4 is 21.1 Å². The van der Waals surface area contributed by atoms with Crippen LogP contribution in [0.3, 0.4) is 0 Å². The summed E-state index contributed by atoms with van der Waals surface area (Å²) in [5.74, 6) is -0.181. The number of aliphatic imine (C=N–C) groups is 1. The van der Waals surface area contributed by atoms with Crippen molar-refractivity contribution in [2.75, 3.05) is 18.1 Å². The number of amidine groups is 1. The van der Waals surface area contributed by atoms with Gasteiger partial charge in [0, 0.05) is 18.0 Å². The summed E-state index contributed by atoms with van der Waals surface area (Å²) in [6.45, 7) is 2.34. The lowest BCUT2D eigenvalue weighted by molar-refractivity contribution is -0.124. The van der Waals surface area contributed by atoms with Gasteiger partial charge in [-0.15, -0.1) is 0 Å². The van der Waals surface area contributed by atoms with E-state index in [0.29, 0.717) is 18.7 Å². The summed E-state index contributed by atoms with van der Waals surface area (Å²) >= 11 is 0. The van der Waals surface area contributed by atoms with Crippen LogP contribution in [0.1, 0.15) is 31.2 Å². The van der Waals surface area contributed by atoms with E-state index in [1.165, 1.54) is 5.01 Å². The summed E-state index contributed by atoms with van der Waals surface area (Å²) < 4.78 is 0. The molecule has 3 aliphatic rings. The number of piperidine rings is 1. The van der Waals surface area contributed by atoms with E-state index in [1.54, 1.807) is 0 Å². The Balaban J connectivity index is 1.34. The molecular formula is C19H23N5O3. The Hall–Kier alpha value is -2.90. The fourth-order valence-corrected chi connectivity index (χ4v) is 4.06. The highest BCUT2D eigenvalue weighted by atomic mass is 16.2. The van der Waals surface area contributed by atoms with Gasteiger partial charge in [-0.1, -0.05) is 17.7 Å². The number of carbonyl (C=O) groups is 3. The van der Waals surface area contributed by atoms with E-state index in [-0.39, 0.29) is 41.6 Å². The quantitative estimate of drug-likeness (QED) is 0.700. The number of anilines is 1. The molecule has 2 fully saturated rings. The minimum absolute atomic E-state index is 0.0781. The molecule has 2 aliphatic heterocycles. The maximum Gasteiger partial charge on any atom is 0.288 e. The molecule has 2 heterocycles. The number of carbonyl (C=O) groups excluding carboxylic acids is 3. The number of nitrogens with one attached hydrogen (secondary N) is 3. The van der Waals surface area contributed by atoms with Crippen molar-refractivity contribution in [3.63, 3.8) is 0 Å². The molecule has 3 N–H and O–H groups in total. The van der Waals surface area contributed by atoms with Gasteiger partial charge < -0.3 is 10.6 Å². The minimum Gasteiger partial charge on any atom is -0.350 e. The Kier molecular flexibility index (Phi) is 4.33. The van der Waals surface area contributed by atoms with E-state index < -0.39 is 0 Å². The van der Waals surface area contributed by atoms with Crippen molar-refractivity contribution < 1.29 is 14.4 Å². The molecule has 2 bridgehead atoms. The second-order valence-electron chi connectivity index (χ2n) is 7.56. The van der Waals surface area contributed by atoms with Gasteiger partial charge in [-0.2, -0.15) is 0 Å². The number of rotatable bonds is 5. The third-order valence-corrected chi connectivity index (χ3v) is 5.60. The zero-order valence-electron chi connectivity index (χ0n) is 15.2. The summed E-state index contributed by atoms with van der Waals surface area (Å²) in [5.41, 5.74) is 4.39. The van der Waals surface area contributed by atoms with Gasteiger partial charge in [-0.05, 0) is 44.7 Å². The van der Waals surface area contributed by atoms with Crippen molar-refractivity contribution in [2.45, 2.75) is 38.1 Å². The van der Waals surface area contributed by atoms with E-state index in [4.69, 9.17) is 0 Å². The van der Waals surface area contributed by atoms with Crippen LogP contribution >= 0.6 is 0 Å². The molecule has 0 aromatic heterocycles. The van der Waals surface area contributed by atoms with Crippen LogP contribution in [0.15, 0.2) is 29.3 Å². The van der Waals surface area contributed by atoms with Gasteiger partial charge in [0.2, 0.25) is 11.7 Å². The first-order chi connectivity index (χ1) is 13.0. The molecule has 2 unspecified atom stereocenters. The predicted octanol–water partition coefficient (Wildman–Crippen LogP) is 0.420. The molecule has 1 aliphatic carbocycles. The number of fused-ring (bicyclic) bond motifs is 2. The summed E-state index contributed by atoms with van der Waals surface area (Å²) in [7, 11) is 0. The first-order valence-electron chi connectivity index (χ1n) is 9.27. The maximum atomic E-state index is 12.4. The molecule has 1 aromatic rings. The van der Waals surface area contributed by atoms with Gasteiger partial charge in [-0.3, -0.25) is 24.8 Å². The Bertz CT molecular complexity index is 819. The molecule has 0 radical (unpaired) electrons. The van der Waals surface area contributed by atoms with E-state index >= 15 is 0 Å². The Morgan fingerprint density at radius 3 is 2.78 bits per heavy atom. The number of benzene rings is 1. The second kappa shape index (κ2) is 6.68. The number of hydrazine groups is 1. The molecule has 1 aromatic carbocycles. The van der Waals surface area contributed by atoms with Crippen molar-refractivity contribution in [3.8, 4) is 0 Å². The predicted molar refractivity (Wildman–Crippen MR) is 99.9 cm³/mol. The first-order valence-corrected chi connectivity index (χ1v) is 9.27. The second-order valence-corrected chi connectivity index (χ2v) is 7.56. The topological polar surface area (TPSA) is 103 Å². The highest BCUT2D eigenvalue weighted by molar-refractivity contribution is 6.39. The van der Waals surface area contributed by atoms with E-state index in [9.17, 15) is 14.4 Å². The number of hydrogen-bond donors (Lipinski definition) is 3. The van der Waals surface area contributed by atoms with Crippen LogP contribution in [-0.2, 0) is 14.4 Å². The Morgan fingerprint density at radius 1 is 1.33 bits per heavy atom. The lowest BCUT2D eigenvalue weighted by Crippen LogP contribution is -2.56. The van der Waals surface area contributed by atoms with Crippen molar-refractivity contribution >= 4 is 29.2 Å². The number of amides is 3. The molecule has 4 rings (SSSR count). The van der Waals surface area contributed by atoms with Gasteiger partial charge in [-0.25, -0.2) is 5.01 Å². The normalized spacial score (nSPS) is 26.5. The number of aryl methyl sites for hydroxylation is 1. The molecule has 8 heteroatoms. The smallest absolute Gasteiger partial charge is 0.288 e. The van der Waals surface area contributed by atoms with Gasteiger partial charge in [0.25, 0.3) is 11.8 Å². The summed E-state index contributed by atoms with van der Waals surface area (Å²) in [6.07, 6.45) is 3.46. The van der Waals surface area contributed by atoms with Gasteiger partial charge in [0.05, 0.1) is 5.69 Å². The van der Waals surface area contributed by atoms with Gasteiger partial charge >= 0.3 is 0 Å². The largest absolute Gasteiger partial charge is 0.350 e. The fourth-order valence-electron chi connectivity index (χ4n) is 4.06. The van der Waals surface area contributed by atoms with E-state index in [2.05, 4.69) is 21.1 Å². The van der Waals surface area contributed by atoms with Gasteiger partial charge in [0.15, 0.2) is 0 Å². The van der Waals surface area contributed by atoms with Crippen LogP contribution in [-0.4, -0.2) is 42.2 Å². The number of hydrogen-bond acceptors (Lipinski definition) is 5. The van der Waals surface area contributed by atoms with Crippen molar-refractivity contribution in [2.24, 2.45) is 10.9 Å². The molecule has 1 saturated heterocycles. The zero-order valence-corrected chi connectivity index (χ0v) is 15.2. The van der Waals surface area contributed by atoms with E-state index in [0.717, 1.165) is 24.8 Å². The molecule has 27 heavy (non-hydrogen) atoms. The third kappa shape index (κ3) is 3.39. The molecule has 8 nitrogen and oxygen atoms in total. The van der Waals surface area contributed by atoms with Crippen molar-refractivity contribution in [1.29, 1.82) is 0 Å². The van der Waals surface area contributed by atoms with Crippen LogP contribution in [0.2, 0.25) is 0 Å². The minimum atomic E-state index is -0.352. The molecule has 3 amide bonds. The van der Waals surface area contributed by atoms with Crippen LogP contribution in [0.5, 0.6) is 0 Å². The standard InChI is InChI=1S/C19H23N5O3/c1-12-2-4-14(5-3-12)24-15(25)11-21-16(23-24)18(27)20-9-8-19-7-6-13(10-19)17(26)22-19/h2-5,13H,6-11H2,1H3,(H,20,27)(H,21,23)(H,22,26). The summed E-state index contributed by atoms with van der Waals surface area (Å²) in [6, 6.07) is 7.44. The first kappa shape index (κ1) is 17.5. The third-order valence-electron chi connectivity index (χ3n) is 5.60. The zero-order chi connectivity index (χ0) is 19.0.